The van der Waals surface area contributed by atoms with Crippen molar-refractivity contribution in [3.63, 3.8) is 0 Å². The summed E-state index contributed by atoms with van der Waals surface area (Å²) in [6, 6.07) is 0. The third-order valence-corrected chi connectivity index (χ3v) is 5.04. The number of rotatable bonds is 8. The molecule has 1 aliphatic carbocycles. The Kier molecular flexibility index (Phi) is 5.76. The fraction of sp³-hybridized carbons (Fsp3) is 0.882. The maximum atomic E-state index is 2.53. The molecule has 0 N–H and O–H groups in total. The van der Waals surface area contributed by atoms with Crippen LogP contribution in [-0.2, 0) is 0 Å². The first-order valence-electron chi connectivity index (χ1n) is 7.78. The molecule has 100 valence electrons. The van der Waals surface area contributed by atoms with E-state index in [1.807, 2.05) is 0 Å². The molecule has 3 atom stereocenters. The predicted octanol–water partition coefficient (Wildman–Crippen LogP) is 5.98. The Morgan fingerprint density at radius 1 is 1.18 bits per heavy atom. The molecule has 1 rings (SSSR count). The Bertz CT molecular complexity index is 251. The van der Waals surface area contributed by atoms with Gasteiger partial charge in [-0.05, 0) is 30.1 Å². The lowest BCUT2D eigenvalue weighted by Crippen LogP contribution is -2.37. The Hall–Kier alpha value is -0.260. The second-order valence-electron chi connectivity index (χ2n) is 6.30. The van der Waals surface area contributed by atoms with E-state index >= 15 is 0 Å². The fourth-order valence-electron chi connectivity index (χ4n) is 3.23. The Morgan fingerprint density at radius 3 is 2.35 bits per heavy atom. The molecule has 1 aliphatic rings. The highest BCUT2D eigenvalue weighted by Crippen LogP contribution is 2.52. The van der Waals surface area contributed by atoms with Gasteiger partial charge in [0.05, 0.1) is 0 Å². The topological polar surface area (TPSA) is 0 Å². The molecule has 0 aromatic heterocycles. The smallest absolute Gasteiger partial charge is 0.00534 e. The van der Waals surface area contributed by atoms with E-state index in [0.29, 0.717) is 5.41 Å². The minimum Gasteiger partial charge on any atom is -0.0808 e. The van der Waals surface area contributed by atoms with Gasteiger partial charge < -0.3 is 0 Å². The number of unbranched alkanes of at least 4 members (excludes halogenated alkanes) is 4. The van der Waals surface area contributed by atoms with Gasteiger partial charge in [-0.3, -0.25) is 0 Å². The highest BCUT2D eigenvalue weighted by Gasteiger charge is 2.42. The van der Waals surface area contributed by atoms with Gasteiger partial charge >= 0.3 is 0 Å². The molecule has 0 aromatic carbocycles. The summed E-state index contributed by atoms with van der Waals surface area (Å²) in [4.78, 5) is 0. The van der Waals surface area contributed by atoms with Gasteiger partial charge in [-0.1, -0.05) is 78.4 Å². The van der Waals surface area contributed by atoms with Crippen LogP contribution in [0.1, 0.15) is 79.6 Å². The summed E-state index contributed by atoms with van der Waals surface area (Å²) in [6.45, 7) is 11.9. The zero-order valence-corrected chi connectivity index (χ0v) is 12.7. The van der Waals surface area contributed by atoms with E-state index in [0.717, 1.165) is 11.8 Å². The minimum atomic E-state index is 0.529. The van der Waals surface area contributed by atoms with Crippen molar-refractivity contribution in [2.45, 2.75) is 79.6 Å². The van der Waals surface area contributed by atoms with Gasteiger partial charge in [0.15, 0.2) is 0 Å². The molecule has 0 amide bonds. The van der Waals surface area contributed by atoms with Gasteiger partial charge in [-0.2, -0.15) is 0 Å². The van der Waals surface area contributed by atoms with E-state index in [-0.39, 0.29) is 0 Å². The van der Waals surface area contributed by atoms with Crippen LogP contribution in [0.4, 0.5) is 0 Å². The largest absolute Gasteiger partial charge is 0.0808 e. The lowest BCUT2D eigenvalue weighted by atomic mass is 9.57. The quantitative estimate of drug-likeness (QED) is 0.359. The van der Waals surface area contributed by atoms with Crippen molar-refractivity contribution < 1.29 is 0 Å². The molecule has 0 aromatic rings. The van der Waals surface area contributed by atoms with Gasteiger partial charge in [-0.25, -0.2) is 0 Å². The summed E-state index contributed by atoms with van der Waals surface area (Å²) < 4.78 is 0. The second kappa shape index (κ2) is 6.61. The van der Waals surface area contributed by atoms with Gasteiger partial charge in [0.1, 0.15) is 0 Å². The second-order valence-corrected chi connectivity index (χ2v) is 6.30. The van der Waals surface area contributed by atoms with E-state index in [1.165, 1.54) is 44.9 Å². The van der Waals surface area contributed by atoms with E-state index < -0.39 is 0 Å². The lowest BCUT2D eigenvalue weighted by Gasteiger charge is -2.48. The first-order valence-corrected chi connectivity index (χ1v) is 7.78. The van der Waals surface area contributed by atoms with Gasteiger partial charge in [0.25, 0.3) is 0 Å². The van der Waals surface area contributed by atoms with Crippen LogP contribution in [0.2, 0.25) is 0 Å². The van der Waals surface area contributed by atoms with E-state index in [2.05, 4.69) is 40.7 Å². The summed E-state index contributed by atoms with van der Waals surface area (Å²) in [6.07, 6.45) is 12.3. The van der Waals surface area contributed by atoms with Gasteiger partial charge in [0.2, 0.25) is 0 Å². The van der Waals surface area contributed by atoms with Crippen molar-refractivity contribution >= 4 is 0 Å². The SMILES string of the molecule is CCCCCCCC1(C)C(C(C)CC)=CC1C. The Morgan fingerprint density at radius 2 is 1.82 bits per heavy atom. The van der Waals surface area contributed by atoms with Crippen molar-refractivity contribution in [1.82, 2.24) is 0 Å². The van der Waals surface area contributed by atoms with Crippen molar-refractivity contribution in [3.8, 4) is 0 Å². The molecule has 17 heavy (non-hydrogen) atoms. The molecule has 0 saturated carbocycles. The Labute approximate surface area is 109 Å². The summed E-state index contributed by atoms with van der Waals surface area (Å²) in [7, 11) is 0. The summed E-state index contributed by atoms with van der Waals surface area (Å²) >= 11 is 0. The zero-order chi connectivity index (χ0) is 12.9. The normalized spacial score (nSPS) is 29.7. The molecule has 3 unspecified atom stereocenters. The minimum absolute atomic E-state index is 0.529. The molecule has 0 fully saturated rings. The van der Waals surface area contributed by atoms with Gasteiger partial charge in [0, 0.05) is 0 Å². The molecular weight excluding hydrogens is 204 g/mol. The average Bonchev–Trinajstić information content (AvgIpc) is 2.34. The highest BCUT2D eigenvalue weighted by molar-refractivity contribution is 5.29. The zero-order valence-electron chi connectivity index (χ0n) is 12.7. The van der Waals surface area contributed by atoms with Crippen LogP contribution in [0.3, 0.4) is 0 Å². The highest BCUT2D eigenvalue weighted by atomic mass is 14.5. The third kappa shape index (κ3) is 3.36. The molecule has 0 bridgehead atoms. The van der Waals surface area contributed by atoms with Crippen molar-refractivity contribution in [2.75, 3.05) is 0 Å². The van der Waals surface area contributed by atoms with Crippen molar-refractivity contribution in [1.29, 1.82) is 0 Å². The Balaban J connectivity index is 2.38. The molecule has 0 spiro atoms. The van der Waals surface area contributed by atoms with Gasteiger partial charge in [-0.15, -0.1) is 0 Å². The van der Waals surface area contributed by atoms with Crippen LogP contribution in [0.25, 0.3) is 0 Å². The third-order valence-electron chi connectivity index (χ3n) is 5.04. The number of hydrogen-bond donors (Lipinski definition) is 0. The number of hydrogen-bond acceptors (Lipinski definition) is 0. The van der Waals surface area contributed by atoms with E-state index in [4.69, 9.17) is 0 Å². The van der Waals surface area contributed by atoms with Crippen LogP contribution >= 0.6 is 0 Å². The molecule has 0 saturated heterocycles. The first kappa shape index (κ1) is 14.8. The summed E-state index contributed by atoms with van der Waals surface area (Å²) in [5.41, 5.74) is 2.28. The average molecular weight is 236 g/mol. The monoisotopic (exact) mass is 236 g/mol. The number of allylic oxidation sites excluding steroid dienone is 2. The first-order chi connectivity index (χ1) is 8.06. The van der Waals surface area contributed by atoms with E-state index in [9.17, 15) is 0 Å². The fourth-order valence-corrected chi connectivity index (χ4v) is 3.23. The molecule has 0 heterocycles. The van der Waals surface area contributed by atoms with Crippen LogP contribution < -0.4 is 0 Å². The molecule has 0 aliphatic heterocycles. The molecule has 0 nitrogen and oxygen atoms in total. The van der Waals surface area contributed by atoms with Crippen LogP contribution in [0.15, 0.2) is 11.6 Å². The predicted molar refractivity (Wildman–Crippen MR) is 78.2 cm³/mol. The van der Waals surface area contributed by atoms with Crippen LogP contribution in [0.5, 0.6) is 0 Å². The summed E-state index contributed by atoms with van der Waals surface area (Å²) in [5, 5.41) is 0. The molecule has 0 heteroatoms. The maximum absolute atomic E-state index is 2.53. The van der Waals surface area contributed by atoms with E-state index in [1.54, 1.807) is 5.57 Å². The lowest BCUT2D eigenvalue weighted by molar-refractivity contribution is 0.199. The van der Waals surface area contributed by atoms with Crippen LogP contribution in [0, 0.1) is 17.3 Å². The summed E-state index contributed by atoms with van der Waals surface area (Å²) in [5.74, 6) is 1.60. The maximum Gasteiger partial charge on any atom is -0.00534 e. The standard InChI is InChI=1S/C17H32/c1-6-8-9-10-11-12-17(5)15(4)13-16(17)14(3)7-2/h13-15H,6-12H2,1-5H3. The van der Waals surface area contributed by atoms with Crippen LogP contribution in [-0.4, -0.2) is 0 Å². The molecular formula is C17H32. The van der Waals surface area contributed by atoms with Crippen molar-refractivity contribution in [2.24, 2.45) is 17.3 Å². The molecule has 0 radical (unpaired) electrons. The van der Waals surface area contributed by atoms with Crippen molar-refractivity contribution in [3.05, 3.63) is 11.6 Å².